The Hall–Kier alpha value is -5.85. The lowest BCUT2D eigenvalue weighted by molar-refractivity contribution is 1.19. The number of hydrogen-bond acceptors (Lipinski definition) is 2. The van der Waals surface area contributed by atoms with Crippen LogP contribution in [0.1, 0.15) is 0 Å². The molecule has 46 heavy (non-hydrogen) atoms. The molecular formula is C40H27N5S. The number of para-hydroxylation sites is 2. The van der Waals surface area contributed by atoms with Gasteiger partial charge in [-0.2, -0.15) is 0 Å². The summed E-state index contributed by atoms with van der Waals surface area (Å²) in [7, 11) is 1.75. The van der Waals surface area contributed by atoms with Gasteiger partial charge in [0.25, 0.3) is 0 Å². The molecule has 0 radical (unpaired) electrons. The number of benzene rings is 6. The fraction of sp³-hybridized carbons (Fsp3) is 0.0250. The van der Waals surface area contributed by atoms with Gasteiger partial charge >= 0.3 is 0 Å². The van der Waals surface area contributed by atoms with Crippen LogP contribution in [0.2, 0.25) is 0 Å². The Kier molecular flexibility index (Phi) is 5.98. The number of aromatic nitrogens is 2. The fourth-order valence-corrected chi connectivity index (χ4v) is 8.05. The quantitative estimate of drug-likeness (QED) is 0.141. The second-order valence-corrected chi connectivity index (χ2v) is 12.5. The lowest BCUT2D eigenvalue weighted by Gasteiger charge is -2.09. The zero-order valence-electron chi connectivity index (χ0n) is 25.1. The van der Waals surface area contributed by atoms with Crippen molar-refractivity contribution in [3.63, 3.8) is 0 Å². The summed E-state index contributed by atoms with van der Waals surface area (Å²) in [5.41, 5.74) is 7.99. The van der Waals surface area contributed by atoms with Crippen molar-refractivity contribution < 1.29 is 0 Å². The molecule has 3 heterocycles. The summed E-state index contributed by atoms with van der Waals surface area (Å²) in [5, 5.41) is 7.38. The van der Waals surface area contributed by atoms with Crippen LogP contribution in [-0.4, -0.2) is 35.2 Å². The van der Waals surface area contributed by atoms with Gasteiger partial charge in [-0.1, -0.05) is 66.7 Å². The summed E-state index contributed by atoms with van der Waals surface area (Å²) in [5.74, 6) is 0.564. The van der Waals surface area contributed by atoms with E-state index in [0.717, 1.165) is 27.4 Å². The minimum atomic E-state index is 0.564. The van der Waals surface area contributed by atoms with Crippen molar-refractivity contribution in [2.24, 2.45) is 15.0 Å². The van der Waals surface area contributed by atoms with Crippen molar-refractivity contribution in [1.82, 2.24) is 9.13 Å². The van der Waals surface area contributed by atoms with E-state index in [9.17, 15) is 0 Å². The molecule has 0 unspecified atom stereocenters. The van der Waals surface area contributed by atoms with E-state index >= 15 is 0 Å². The van der Waals surface area contributed by atoms with Crippen LogP contribution in [0, 0.1) is 0 Å². The van der Waals surface area contributed by atoms with Gasteiger partial charge in [-0.15, -0.1) is 11.3 Å². The normalized spacial score (nSPS) is 12.6. The Labute approximate surface area is 268 Å². The summed E-state index contributed by atoms with van der Waals surface area (Å²) < 4.78 is 7.12. The topological polar surface area (TPSA) is 46.9 Å². The highest BCUT2D eigenvalue weighted by molar-refractivity contribution is 7.25. The molecule has 9 aromatic rings. The maximum Gasteiger partial charge on any atom is 0.231 e. The zero-order chi connectivity index (χ0) is 30.8. The molecule has 218 valence electrons. The van der Waals surface area contributed by atoms with Crippen LogP contribution in [0.5, 0.6) is 0 Å². The lowest BCUT2D eigenvalue weighted by Crippen LogP contribution is -2.08. The minimum absolute atomic E-state index is 0.564. The first kappa shape index (κ1) is 26.5. The van der Waals surface area contributed by atoms with E-state index in [1.54, 1.807) is 7.05 Å². The summed E-state index contributed by atoms with van der Waals surface area (Å²) >= 11 is 1.85. The van der Waals surface area contributed by atoms with Gasteiger partial charge in [0, 0.05) is 54.5 Å². The predicted octanol–water partition coefficient (Wildman–Crippen LogP) is 10.5. The first-order chi connectivity index (χ1) is 22.7. The van der Waals surface area contributed by atoms with Crippen molar-refractivity contribution in [1.29, 1.82) is 0 Å². The van der Waals surface area contributed by atoms with E-state index < -0.39 is 0 Å². The van der Waals surface area contributed by atoms with Gasteiger partial charge in [0.15, 0.2) is 0 Å². The molecule has 9 rings (SSSR count). The Balaban J connectivity index is 1.24. The number of hydrogen-bond donors (Lipinski definition) is 0. The number of fused-ring (bicyclic) bond motifs is 9. The highest BCUT2D eigenvalue weighted by Crippen LogP contribution is 2.39. The van der Waals surface area contributed by atoms with Gasteiger partial charge in [0.05, 0.1) is 22.1 Å². The maximum atomic E-state index is 4.46. The Bertz CT molecular complexity index is 2740. The number of nitrogens with zero attached hydrogens (tertiary/aromatic N) is 5. The maximum absolute atomic E-state index is 4.46. The van der Waals surface area contributed by atoms with Crippen LogP contribution in [0.25, 0.3) is 80.6 Å². The van der Waals surface area contributed by atoms with Crippen LogP contribution < -0.4 is 0 Å². The summed E-state index contributed by atoms with van der Waals surface area (Å²) in [6, 6.07) is 46.2. The Morgan fingerprint density at radius 1 is 0.587 bits per heavy atom. The van der Waals surface area contributed by atoms with Crippen molar-refractivity contribution in [2.75, 3.05) is 7.05 Å². The van der Waals surface area contributed by atoms with Crippen molar-refractivity contribution in [2.45, 2.75) is 0 Å². The number of aliphatic imine (C=N–C) groups is 3. The number of rotatable bonds is 3. The highest BCUT2D eigenvalue weighted by atomic mass is 32.1. The van der Waals surface area contributed by atoms with Crippen LogP contribution in [0.15, 0.2) is 142 Å². The molecule has 0 fully saturated rings. The molecule has 0 spiro atoms. The SMILES string of the molecule is C=N/C=N\C(=N/C)n1c2ccccc2c2cc(-c3ccc4c(c3)c3ccccc3n4-c3ccc4sc5ccccc5c4c3)ccc21. The largest absolute Gasteiger partial charge is 0.309 e. The first-order valence-electron chi connectivity index (χ1n) is 15.2. The minimum Gasteiger partial charge on any atom is -0.309 e. The van der Waals surface area contributed by atoms with Crippen LogP contribution >= 0.6 is 11.3 Å². The van der Waals surface area contributed by atoms with Gasteiger partial charge in [-0.05, 0) is 78.5 Å². The van der Waals surface area contributed by atoms with Crippen LogP contribution in [0.4, 0.5) is 0 Å². The van der Waals surface area contributed by atoms with Gasteiger partial charge in [-0.25, -0.2) is 4.99 Å². The molecule has 0 saturated carbocycles. The standard InChI is InChI=1S/C40H27N5S/c1-41-24-43-40(42-2)45-35-13-7-4-10-29(35)32-22-26(16-19-37(32)45)25-15-18-36-31(21-25)28-9-3-6-12-34(28)44(36)27-17-20-39-33(23-27)30-11-5-8-14-38(30)46-39/h3-24H,1H2,2H3/b42-40+,43-24-. The predicted molar refractivity (Wildman–Crippen MR) is 199 cm³/mol. The third-order valence-corrected chi connectivity index (χ3v) is 10.1. The molecule has 0 N–H and O–H groups in total. The molecule has 0 aliphatic heterocycles. The molecule has 6 aromatic carbocycles. The Morgan fingerprint density at radius 2 is 1.17 bits per heavy atom. The molecule has 0 amide bonds. The zero-order valence-corrected chi connectivity index (χ0v) is 25.9. The molecule has 0 aliphatic carbocycles. The summed E-state index contributed by atoms with van der Waals surface area (Å²) in [4.78, 5) is 12.7. The van der Waals surface area contributed by atoms with E-state index in [1.165, 1.54) is 59.6 Å². The molecule has 3 aromatic heterocycles. The van der Waals surface area contributed by atoms with Gasteiger partial charge < -0.3 is 4.57 Å². The van der Waals surface area contributed by atoms with E-state index in [0.29, 0.717) is 5.96 Å². The van der Waals surface area contributed by atoms with E-state index in [4.69, 9.17) is 0 Å². The van der Waals surface area contributed by atoms with Crippen molar-refractivity contribution >= 4 is 94.1 Å². The first-order valence-corrected chi connectivity index (χ1v) is 16.0. The second-order valence-electron chi connectivity index (χ2n) is 11.4. The molecule has 5 nitrogen and oxygen atoms in total. The average molecular weight is 610 g/mol. The number of thiophene rings is 1. The molecule has 6 heteroatoms. The molecular weight excluding hydrogens is 583 g/mol. The average Bonchev–Trinajstić information content (AvgIpc) is 3.76. The monoisotopic (exact) mass is 609 g/mol. The second kappa shape index (κ2) is 10.4. The van der Waals surface area contributed by atoms with Crippen LogP contribution in [0.3, 0.4) is 0 Å². The summed E-state index contributed by atoms with van der Waals surface area (Å²) in [6.45, 7) is 3.53. The molecule has 0 bridgehead atoms. The smallest absolute Gasteiger partial charge is 0.231 e. The van der Waals surface area contributed by atoms with Crippen molar-refractivity contribution in [3.8, 4) is 16.8 Å². The van der Waals surface area contributed by atoms with E-state index in [1.807, 2.05) is 17.4 Å². The Morgan fingerprint density at radius 3 is 1.93 bits per heavy atom. The van der Waals surface area contributed by atoms with Crippen molar-refractivity contribution in [3.05, 3.63) is 127 Å². The van der Waals surface area contributed by atoms with Crippen LogP contribution in [-0.2, 0) is 0 Å². The fourth-order valence-electron chi connectivity index (χ4n) is 6.96. The molecule has 0 saturated heterocycles. The van der Waals surface area contributed by atoms with E-state index in [-0.39, 0.29) is 0 Å². The van der Waals surface area contributed by atoms with Gasteiger partial charge in [0.2, 0.25) is 5.96 Å². The molecule has 0 aliphatic rings. The van der Waals surface area contributed by atoms with E-state index in [2.05, 4.69) is 152 Å². The lowest BCUT2D eigenvalue weighted by atomic mass is 10.0. The third-order valence-electron chi connectivity index (χ3n) is 8.95. The van der Waals surface area contributed by atoms with Gasteiger partial charge in [0.1, 0.15) is 6.34 Å². The molecule has 0 atom stereocenters. The third kappa shape index (κ3) is 3.90. The van der Waals surface area contributed by atoms with Gasteiger partial charge in [-0.3, -0.25) is 14.6 Å². The summed E-state index contributed by atoms with van der Waals surface area (Å²) in [6.07, 6.45) is 1.43. The highest BCUT2D eigenvalue weighted by Gasteiger charge is 2.17.